The molecule has 0 saturated heterocycles. The molecule has 0 fully saturated rings. The maximum Gasteiger partial charge on any atom is 0.252 e. The minimum absolute atomic E-state index is 0.133. The summed E-state index contributed by atoms with van der Waals surface area (Å²) in [5.41, 5.74) is 1.32. The van der Waals surface area contributed by atoms with E-state index in [9.17, 15) is 24.6 Å². The van der Waals surface area contributed by atoms with Gasteiger partial charge in [0.1, 0.15) is 0 Å². The molecule has 3 amide bonds. The van der Waals surface area contributed by atoms with Crippen LogP contribution in [0.5, 0.6) is 0 Å². The fourth-order valence-electron chi connectivity index (χ4n) is 2.55. The van der Waals surface area contributed by atoms with Gasteiger partial charge in [0.25, 0.3) is 11.8 Å². The molecule has 2 unspecified atom stereocenters. The zero-order chi connectivity index (χ0) is 21.4. The molecule has 0 aliphatic carbocycles. The van der Waals surface area contributed by atoms with Crippen LogP contribution < -0.4 is 16.0 Å². The Morgan fingerprint density at radius 1 is 0.964 bits per heavy atom. The second-order valence-corrected chi connectivity index (χ2v) is 7.12. The van der Waals surface area contributed by atoms with Crippen LogP contribution in [0, 0.1) is 17.4 Å². The standard InChI is InChI=1S/C17H24IN3O7/c1-8-12(16(27)19-3-10(25)5-22)9(2)15(21-7-24)14(18)13(8)17(28)20-4-11(26)6-23/h7,10-11,22-23,25-26H,3-6H2,1-2H3,(H,19,27)(H,20,28)(H,21,24). The SMILES string of the molecule is Cc1c(NC=O)c(I)c(C(=O)NCC(O)CO)c(C)c1C(=O)NCC(O)CO. The summed E-state index contributed by atoms with van der Waals surface area (Å²) >= 11 is 1.88. The van der Waals surface area contributed by atoms with E-state index in [2.05, 4.69) is 16.0 Å². The minimum Gasteiger partial charge on any atom is -0.394 e. The van der Waals surface area contributed by atoms with Crippen LogP contribution in [0.4, 0.5) is 5.69 Å². The Morgan fingerprint density at radius 2 is 1.43 bits per heavy atom. The van der Waals surface area contributed by atoms with Crippen LogP contribution in [0.1, 0.15) is 31.8 Å². The van der Waals surface area contributed by atoms with Crippen molar-refractivity contribution >= 4 is 46.5 Å². The van der Waals surface area contributed by atoms with Gasteiger partial charge in [0.05, 0.1) is 36.7 Å². The summed E-state index contributed by atoms with van der Waals surface area (Å²) in [5.74, 6) is -1.18. The first kappa shape index (κ1) is 24.2. The van der Waals surface area contributed by atoms with Crippen molar-refractivity contribution in [3.05, 3.63) is 25.8 Å². The van der Waals surface area contributed by atoms with Gasteiger partial charge in [-0.3, -0.25) is 14.4 Å². The summed E-state index contributed by atoms with van der Waals surface area (Å²) < 4.78 is 0.405. The maximum atomic E-state index is 12.6. The van der Waals surface area contributed by atoms with E-state index in [4.69, 9.17) is 10.2 Å². The smallest absolute Gasteiger partial charge is 0.252 e. The second-order valence-electron chi connectivity index (χ2n) is 6.04. The number of anilines is 1. The molecular weight excluding hydrogens is 485 g/mol. The van der Waals surface area contributed by atoms with Crippen molar-refractivity contribution in [2.45, 2.75) is 26.1 Å². The molecule has 1 aromatic rings. The number of halogens is 1. The van der Waals surface area contributed by atoms with Crippen molar-refractivity contribution in [2.24, 2.45) is 0 Å². The third-order valence-electron chi connectivity index (χ3n) is 4.01. The van der Waals surface area contributed by atoms with Gasteiger partial charge in [-0.05, 0) is 47.6 Å². The molecule has 0 aliphatic heterocycles. The number of aliphatic hydroxyl groups excluding tert-OH is 4. The molecule has 0 heterocycles. The number of amides is 3. The number of nitrogens with one attached hydrogen (secondary N) is 3. The summed E-state index contributed by atoms with van der Waals surface area (Å²) in [7, 11) is 0. The Hall–Kier alpha value is -1.80. The van der Waals surface area contributed by atoms with Gasteiger partial charge in [0.2, 0.25) is 6.41 Å². The average molecular weight is 509 g/mol. The van der Waals surface area contributed by atoms with Gasteiger partial charge in [-0.2, -0.15) is 0 Å². The van der Waals surface area contributed by atoms with Crippen molar-refractivity contribution in [3.63, 3.8) is 0 Å². The largest absolute Gasteiger partial charge is 0.394 e. The Bertz CT molecular complexity index is 689. The highest BCUT2D eigenvalue weighted by molar-refractivity contribution is 14.1. The topological polar surface area (TPSA) is 168 Å². The van der Waals surface area contributed by atoms with E-state index >= 15 is 0 Å². The van der Waals surface area contributed by atoms with E-state index in [1.165, 1.54) is 0 Å². The molecule has 1 aromatic carbocycles. The lowest BCUT2D eigenvalue weighted by Crippen LogP contribution is -2.37. The highest BCUT2D eigenvalue weighted by Crippen LogP contribution is 2.32. The highest BCUT2D eigenvalue weighted by Gasteiger charge is 2.26. The fourth-order valence-corrected chi connectivity index (χ4v) is 3.76. The number of rotatable bonds is 10. The lowest BCUT2D eigenvalue weighted by atomic mass is 9.94. The van der Waals surface area contributed by atoms with Gasteiger partial charge in [0, 0.05) is 22.2 Å². The van der Waals surface area contributed by atoms with E-state index in [-0.39, 0.29) is 29.9 Å². The lowest BCUT2D eigenvalue weighted by Gasteiger charge is -2.21. The van der Waals surface area contributed by atoms with Crippen molar-refractivity contribution < 1.29 is 34.8 Å². The van der Waals surface area contributed by atoms with Gasteiger partial charge < -0.3 is 36.4 Å². The quantitative estimate of drug-likeness (QED) is 0.151. The van der Waals surface area contributed by atoms with E-state index < -0.39 is 37.2 Å². The molecule has 1 rings (SSSR count). The number of hydrogen-bond acceptors (Lipinski definition) is 7. The molecule has 0 aromatic heterocycles. The third-order valence-corrected chi connectivity index (χ3v) is 5.09. The molecule has 0 saturated carbocycles. The van der Waals surface area contributed by atoms with Gasteiger partial charge >= 0.3 is 0 Å². The molecule has 11 heteroatoms. The van der Waals surface area contributed by atoms with Gasteiger partial charge in [0.15, 0.2) is 0 Å². The summed E-state index contributed by atoms with van der Waals surface area (Å²) in [4.78, 5) is 36.3. The number of aliphatic hydroxyl groups is 4. The van der Waals surface area contributed by atoms with Gasteiger partial charge in [-0.15, -0.1) is 0 Å². The van der Waals surface area contributed by atoms with Gasteiger partial charge in [-0.1, -0.05) is 0 Å². The van der Waals surface area contributed by atoms with Crippen LogP contribution >= 0.6 is 22.6 Å². The predicted octanol–water partition coefficient (Wildman–Crippen LogP) is -1.36. The molecule has 7 N–H and O–H groups in total. The monoisotopic (exact) mass is 509 g/mol. The van der Waals surface area contributed by atoms with Crippen molar-refractivity contribution in [1.82, 2.24) is 10.6 Å². The van der Waals surface area contributed by atoms with Crippen LogP contribution in [-0.4, -0.2) is 77.2 Å². The molecule has 0 bridgehead atoms. The Labute approximate surface area is 175 Å². The number of carbonyl (C=O) groups is 3. The predicted molar refractivity (Wildman–Crippen MR) is 109 cm³/mol. The van der Waals surface area contributed by atoms with Crippen LogP contribution in [-0.2, 0) is 4.79 Å². The van der Waals surface area contributed by atoms with E-state index in [0.29, 0.717) is 21.1 Å². The van der Waals surface area contributed by atoms with E-state index in [1.54, 1.807) is 13.8 Å². The van der Waals surface area contributed by atoms with Crippen molar-refractivity contribution in [3.8, 4) is 0 Å². The zero-order valence-electron chi connectivity index (χ0n) is 15.5. The van der Waals surface area contributed by atoms with Crippen LogP contribution in [0.3, 0.4) is 0 Å². The Kier molecular flexibility index (Phi) is 9.75. The number of carbonyl (C=O) groups excluding carboxylic acids is 3. The van der Waals surface area contributed by atoms with Crippen LogP contribution in [0.15, 0.2) is 0 Å². The van der Waals surface area contributed by atoms with E-state index in [1.807, 2.05) is 22.6 Å². The normalized spacial score (nSPS) is 12.8. The first-order valence-electron chi connectivity index (χ1n) is 8.36. The van der Waals surface area contributed by atoms with Crippen molar-refractivity contribution in [2.75, 3.05) is 31.6 Å². The summed E-state index contributed by atoms with van der Waals surface area (Å²) in [5, 5.41) is 44.0. The second kappa shape index (κ2) is 11.3. The maximum absolute atomic E-state index is 12.6. The number of hydrogen-bond donors (Lipinski definition) is 7. The summed E-state index contributed by atoms with van der Waals surface area (Å²) in [6.45, 7) is 1.73. The molecule has 10 nitrogen and oxygen atoms in total. The minimum atomic E-state index is -1.14. The summed E-state index contributed by atoms with van der Waals surface area (Å²) in [6.07, 6.45) is -1.85. The zero-order valence-corrected chi connectivity index (χ0v) is 17.6. The fraction of sp³-hybridized carbons (Fsp3) is 0.471. The molecular formula is C17H24IN3O7. The first-order valence-corrected chi connectivity index (χ1v) is 9.44. The highest BCUT2D eigenvalue weighted by atomic mass is 127. The Morgan fingerprint density at radius 3 is 1.86 bits per heavy atom. The molecule has 156 valence electrons. The molecule has 0 radical (unpaired) electrons. The van der Waals surface area contributed by atoms with Gasteiger partial charge in [-0.25, -0.2) is 0 Å². The first-order chi connectivity index (χ1) is 13.2. The van der Waals surface area contributed by atoms with Crippen LogP contribution in [0.25, 0.3) is 0 Å². The molecule has 0 spiro atoms. The lowest BCUT2D eigenvalue weighted by molar-refractivity contribution is -0.105. The van der Waals surface area contributed by atoms with Crippen molar-refractivity contribution in [1.29, 1.82) is 0 Å². The average Bonchev–Trinajstić information content (AvgIpc) is 2.67. The molecule has 2 atom stereocenters. The summed E-state index contributed by atoms with van der Waals surface area (Å²) in [6, 6.07) is 0. The molecule has 28 heavy (non-hydrogen) atoms. The molecule has 0 aliphatic rings. The van der Waals surface area contributed by atoms with Crippen LogP contribution in [0.2, 0.25) is 0 Å². The van der Waals surface area contributed by atoms with E-state index in [0.717, 1.165) is 0 Å². The Balaban J connectivity index is 3.39. The number of benzene rings is 1. The third kappa shape index (κ3) is 5.85.